The fourth-order valence-corrected chi connectivity index (χ4v) is 2.64. The van der Waals surface area contributed by atoms with Crippen LogP contribution in [0.2, 0.25) is 0 Å². The Morgan fingerprint density at radius 3 is 2.48 bits per heavy atom. The molecular formula is C15H27BrN4O. The fraction of sp³-hybridized carbons (Fsp3) is 0.733. The highest BCUT2D eigenvalue weighted by molar-refractivity contribution is 9.10. The summed E-state index contributed by atoms with van der Waals surface area (Å²) in [5, 5.41) is 3.25. The van der Waals surface area contributed by atoms with E-state index in [1.807, 2.05) is 0 Å². The molecule has 0 saturated carbocycles. The van der Waals surface area contributed by atoms with Crippen LogP contribution in [0.1, 0.15) is 41.0 Å². The van der Waals surface area contributed by atoms with Crippen LogP contribution in [0.4, 0.5) is 5.82 Å². The Labute approximate surface area is 136 Å². The Morgan fingerprint density at radius 2 is 1.90 bits per heavy atom. The molecule has 0 aromatic carbocycles. The molecule has 0 aliphatic heterocycles. The largest absolute Gasteiger partial charge is 0.475 e. The molecule has 6 heteroatoms. The highest BCUT2D eigenvalue weighted by Gasteiger charge is 2.14. The molecule has 0 saturated heterocycles. The number of anilines is 1. The van der Waals surface area contributed by atoms with Gasteiger partial charge in [0.2, 0.25) is 5.88 Å². The fourth-order valence-electron chi connectivity index (χ4n) is 2.18. The number of nitrogens with one attached hydrogen (secondary N) is 1. The van der Waals surface area contributed by atoms with Crippen LogP contribution in [-0.4, -0.2) is 46.6 Å². The number of ether oxygens (including phenoxy) is 1. The van der Waals surface area contributed by atoms with Crippen LogP contribution in [0.15, 0.2) is 10.8 Å². The second-order valence-electron chi connectivity index (χ2n) is 5.54. The van der Waals surface area contributed by atoms with Crippen molar-refractivity contribution in [3.05, 3.63) is 10.8 Å². The molecule has 0 unspecified atom stereocenters. The standard InChI is InChI=1S/C15H27BrN4O/c1-6-7-17-14-13(16)15(19-10-18-14)21-9-8-20(11(2)3)12(4)5/h10-12H,6-9H2,1-5H3,(H,17,18,19). The van der Waals surface area contributed by atoms with Gasteiger partial charge in [0.05, 0.1) is 0 Å². The van der Waals surface area contributed by atoms with Gasteiger partial charge in [0.25, 0.3) is 0 Å². The first kappa shape index (κ1) is 18.2. The van der Waals surface area contributed by atoms with E-state index in [1.54, 1.807) is 0 Å². The van der Waals surface area contributed by atoms with Crippen LogP contribution < -0.4 is 10.1 Å². The quantitative estimate of drug-likeness (QED) is 0.731. The summed E-state index contributed by atoms with van der Waals surface area (Å²) in [6, 6.07) is 1.01. The van der Waals surface area contributed by atoms with Crippen molar-refractivity contribution in [2.24, 2.45) is 0 Å². The Hall–Kier alpha value is -0.880. The van der Waals surface area contributed by atoms with E-state index in [-0.39, 0.29) is 0 Å². The molecule has 1 heterocycles. The number of aromatic nitrogens is 2. The predicted octanol–water partition coefficient (Wildman–Crippen LogP) is 3.56. The van der Waals surface area contributed by atoms with Crippen LogP contribution in [0.3, 0.4) is 0 Å². The van der Waals surface area contributed by atoms with Crippen LogP contribution in [0, 0.1) is 0 Å². The molecule has 5 nitrogen and oxygen atoms in total. The normalized spacial score (nSPS) is 11.5. The van der Waals surface area contributed by atoms with Gasteiger partial charge in [0.15, 0.2) is 0 Å². The van der Waals surface area contributed by atoms with Crippen molar-refractivity contribution in [2.45, 2.75) is 53.1 Å². The average Bonchev–Trinajstić information content (AvgIpc) is 2.43. The highest BCUT2D eigenvalue weighted by Crippen LogP contribution is 2.28. The molecule has 1 aromatic rings. The molecule has 0 aliphatic rings. The Kier molecular flexibility index (Phi) is 7.96. The summed E-state index contributed by atoms with van der Waals surface area (Å²) in [7, 11) is 0. The topological polar surface area (TPSA) is 50.3 Å². The highest BCUT2D eigenvalue weighted by atomic mass is 79.9. The monoisotopic (exact) mass is 358 g/mol. The van der Waals surface area contributed by atoms with Gasteiger partial charge in [-0.2, -0.15) is 0 Å². The Morgan fingerprint density at radius 1 is 1.24 bits per heavy atom. The van der Waals surface area contributed by atoms with E-state index in [0.717, 1.165) is 29.8 Å². The number of hydrogen-bond acceptors (Lipinski definition) is 5. The summed E-state index contributed by atoms with van der Waals surface area (Å²) in [6.45, 7) is 13.3. The maximum atomic E-state index is 5.81. The van der Waals surface area contributed by atoms with Gasteiger partial charge in [-0.3, -0.25) is 4.90 Å². The van der Waals surface area contributed by atoms with E-state index in [4.69, 9.17) is 4.74 Å². The molecule has 1 N–H and O–H groups in total. The van der Waals surface area contributed by atoms with Gasteiger partial charge in [-0.25, -0.2) is 9.97 Å². The second-order valence-corrected chi connectivity index (χ2v) is 6.33. The van der Waals surface area contributed by atoms with Crippen LogP contribution in [0.25, 0.3) is 0 Å². The van der Waals surface area contributed by atoms with Gasteiger partial charge >= 0.3 is 0 Å². The third-order valence-corrected chi connectivity index (χ3v) is 3.93. The van der Waals surface area contributed by atoms with Gasteiger partial charge in [-0.1, -0.05) is 6.92 Å². The first-order chi connectivity index (χ1) is 9.97. The molecule has 1 rings (SSSR count). The molecule has 0 bridgehead atoms. The molecule has 0 amide bonds. The van der Waals surface area contributed by atoms with Crippen LogP contribution in [0.5, 0.6) is 5.88 Å². The van der Waals surface area contributed by atoms with Gasteiger partial charge in [-0.15, -0.1) is 0 Å². The third kappa shape index (κ3) is 5.79. The van der Waals surface area contributed by atoms with Crippen molar-refractivity contribution in [2.75, 3.05) is 25.0 Å². The summed E-state index contributed by atoms with van der Waals surface area (Å²) >= 11 is 3.51. The molecule has 1 aromatic heterocycles. The van der Waals surface area contributed by atoms with Crippen LogP contribution in [-0.2, 0) is 0 Å². The first-order valence-corrected chi connectivity index (χ1v) is 8.39. The third-order valence-electron chi connectivity index (χ3n) is 3.21. The molecule has 0 atom stereocenters. The molecule has 21 heavy (non-hydrogen) atoms. The van der Waals surface area contributed by atoms with E-state index in [9.17, 15) is 0 Å². The summed E-state index contributed by atoms with van der Waals surface area (Å²) in [5.41, 5.74) is 0. The minimum Gasteiger partial charge on any atom is -0.475 e. The van der Waals surface area contributed by atoms with E-state index < -0.39 is 0 Å². The van der Waals surface area contributed by atoms with Gasteiger partial charge in [-0.05, 0) is 50.0 Å². The number of hydrogen-bond donors (Lipinski definition) is 1. The Bertz CT molecular complexity index is 418. The van der Waals surface area contributed by atoms with Crippen molar-refractivity contribution in [1.29, 1.82) is 0 Å². The first-order valence-electron chi connectivity index (χ1n) is 7.60. The lowest BCUT2D eigenvalue weighted by Gasteiger charge is -2.30. The number of halogens is 1. The van der Waals surface area contributed by atoms with E-state index in [2.05, 4.69) is 70.7 Å². The van der Waals surface area contributed by atoms with E-state index in [1.165, 1.54) is 6.33 Å². The molecule has 0 spiro atoms. The van der Waals surface area contributed by atoms with E-state index >= 15 is 0 Å². The molecular weight excluding hydrogens is 332 g/mol. The SMILES string of the molecule is CCCNc1ncnc(OCCN(C(C)C)C(C)C)c1Br. The van der Waals surface area contributed by atoms with Gasteiger partial charge in [0.1, 0.15) is 23.2 Å². The lowest BCUT2D eigenvalue weighted by Crippen LogP contribution is -2.39. The molecule has 0 radical (unpaired) electrons. The minimum absolute atomic E-state index is 0.504. The summed E-state index contributed by atoms with van der Waals surface area (Å²) < 4.78 is 6.60. The average molecular weight is 359 g/mol. The van der Waals surface area contributed by atoms with Crippen molar-refractivity contribution >= 4 is 21.7 Å². The van der Waals surface area contributed by atoms with Crippen molar-refractivity contribution in [3.63, 3.8) is 0 Å². The Balaban J connectivity index is 2.59. The summed E-state index contributed by atoms with van der Waals surface area (Å²) in [5.74, 6) is 1.38. The summed E-state index contributed by atoms with van der Waals surface area (Å²) in [6.07, 6.45) is 2.57. The summed E-state index contributed by atoms with van der Waals surface area (Å²) in [4.78, 5) is 10.8. The van der Waals surface area contributed by atoms with Gasteiger partial charge < -0.3 is 10.1 Å². The molecule has 120 valence electrons. The predicted molar refractivity (Wildman–Crippen MR) is 91.0 cm³/mol. The number of rotatable bonds is 9. The smallest absolute Gasteiger partial charge is 0.233 e. The lowest BCUT2D eigenvalue weighted by atomic mass is 10.2. The van der Waals surface area contributed by atoms with Crippen molar-refractivity contribution in [1.82, 2.24) is 14.9 Å². The maximum Gasteiger partial charge on any atom is 0.233 e. The minimum atomic E-state index is 0.504. The maximum absolute atomic E-state index is 5.81. The van der Waals surface area contributed by atoms with E-state index in [0.29, 0.717) is 24.6 Å². The molecule has 0 fully saturated rings. The second kappa shape index (κ2) is 9.20. The van der Waals surface area contributed by atoms with Crippen molar-refractivity contribution < 1.29 is 4.74 Å². The number of nitrogens with zero attached hydrogens (tertiary/aromatic N) is 3. The zero-order valence-electron chi connectivity index (χ0n) is 13.7. The zero-order chi connectivity index (χ0) is 15.8. The van der Waals surface area contributed by atoms with Gasteiger partial charge in [0, 0.05) is 25.2 Å². The molecule has 0 aliphatic carbocycles. The zero-order valence-corrected chi connectivity index (χ0v) is 15.3. The lowest BCUT2D eigenvalue weighted by molar-refractivity contribution is 0.139. The van der Waals surface area contributed by atoms with Crippen molar-refractivity contribution in [3.8, 4) is 5.88 Å². The van der Waals surface area contributed by atoms with Crippen LogP contribution >= 0.6 is 15.9 Å².